The lowest BCUT2D eigenvalue weighted by Gasteiger charge is -2.10. The van der Waals surface area contributed by atoms with Gasteiger partial charge in [-0.3, -0.25) is 14.9 Å². The van der Waals surface area contributed by atoms with E-state index in [1.807, 2.05) is 18.2 Å². The number of rotatable bonds is 12. The largest absolute Gasteiger partial charge is 0.493 e. The van der Waals surface area contributed by atoms with Gasteiger partial charge in [0, 0.05) is 24.2 Å². The molecule has 2 aromatic carbocycles. The lowest BCUT2D eigenvalue weighted by Crippen LogP contribution is -2.27. The van der Waals surface area contributed by atoms with Gasteiger partial charge in [0.05, 0.1) is 19.1 Å². The number of hydrogen-bond acceptors (Lipinski definition) is 6. The normalized spacial score (nSPS) is 10.4. The molecule has 0 fully saturated rings. The number of non-ortho nitro benzene ring substituents is 1. The van der Waals surface area contributed by atoms with Crippen LogP contribution in [0.15, 0.2) is 42.5 Å². The summed E-state index contributed by atoms with van der Waals surface area (Å²) in [7, 11) is 3.25. The topological polar surface area (TPSA) is 103 Å². The molecule has 0 aliphatic rings. The standard InChI is InChI=1S/C21H27N3O5/c1-28-19-11-6-16(15-20(19)29-2)5-3-12-22-13-4-14-23-21(25)17-7-9-18(10-8-17)24(26)27/h6-11,15,22H,3-5,12-14H2,1-2H3,(H,23,25). The van der Waals surface area contributed by atoms with E-state index >= 15 is 0 Å². The van der Waals surface area contributed by atoms with E-state index in [0.29, 0.717) is 12.1 Å². The Morgan fingerprint density at radius 2 is 1.66 bits per heavy atom. The molecule has 0 radical (unpaired) electrons. The quantitative estimate of drug-likeness (QED) is 0.322. The summed E-state index contributed by atoms with van der Waals surface area (Å²) in [4.78, 5) is 22.1. The first-order valence-corrected chi connectivity index (χ1v) is 9.49. The minimum Gasteiger partial charge on any atom is -0.493 e. The predicted octanol–water partition coefficient (Wildman–Crippen LogP) is 2.95. The maximum Gasteiger partial charge on any atom is 0.269 e. The molecule has 0 aliphatic heterocycles. The van der Waals surface area contributed by atoms with Crippen LogP contribution in [0.25, 0.3) is 0 Å². The van der Waals surface area contributed by atoms with Crippen LogP contribution in [0.2, 0.25) is 0 Å². The van der Waals surface area contributed by atoms with Crippen molar-refractivity contribution in [3.05, 3.63) is 63.7 Å². The fraction of sp³-hybridized carbons (Fsp3) is 0.381. The number of nitrogens with zero attached hydrogens (tertiary/aromatic N) is 1. The summed E-state index contributed by atoms with van der Waals surface area (Å²) in [5, 5.41) is 16.8. The molecule has 0 saturated heterocycles. The molecule has 0 saturated carbocycles. The van der Waals surface area contributed by atoms with Gasteiger partial charge in [-0.15, -0.1) is 0 Å². The van der Waals surface area contributed by atoms with Gasteiger partial charge in [0.2, 0.25) is 0 Å². The Morgan fingerprint density at radius 1 is 0.966 bits per heavy atom. The number of benzene rings is 2. The number of ether oxygens (including phenoxy) is 2. The van der Waals surface area contributed by atoms with Crippen molar-refractivity contribution >= 4 is 11.6 Å². The average Bonchev–Trinajstić information content (AvgIpc) is 2.75. The molecule has 2 N–H and O–H groups in total. The summed E-state index contributed by atoms with van der Waals surface area (Å²) in [6.45, 7) is 2.22. The smallest absolute Gasteiger partial charge is 0.269 e. The molecule has 156 valence electrons. The van der Waals surface area contributed by atoms with Gasteiger partial charge in [0.1, 0.15) is 0 Å². The Morgan fingerprint density at radius 3 is 2.31 bits per heavy atom. The molecule has 8 heteroatoms. The van der Waals surface area contributed by atoms with Crippen molar-refractivity contribution in [2.45, 2.75) is 19.3 Å². The fourth-order valence-corrected chi connectivity index (χ4v) is 2.83. The number of nitro benzene ring substituents is 1. The first-order chi connectivity index (χ1) is 14.0. The number of carbonyl (C=O) groups excluding carboxylic acids is 1. The maximum absolute atomic E-state index is 12.0. The summed E-state index contributed by atoms with van der Waals surface area (Å²) in [6, 6.07) is 11.5. The number of carbonyl (C=O) groups is 1. The van der Waals surface area contributed by atoms with E-state index in [1.54, 1.807) is 14.2 Å². The Hall–Kier alpha value is -3.13. The lowest BCUT2D eigenvalue weighted by molar-refractivity contribution is -0.384. The summed E-state index contributed by atoms with van der Waals surface area (Å²) in [6.07, 6.45) is 2.73. The summed E-state index contributed by atoms with van der Waals surface area (Å²) >= 11 is 0. The van der Waals surface area contributed by atoms with Gasteiger partial charge in [0.15, 0.2) is 11.5 Å². The van der Waals surface area contributed by atoms with Crippen molar-refractivity contribution in [2.24, 2.45) is 0 Å². The molecule has 0 atom stereocenters. The first-order valence-electron chi connectivity index (χ1n) is 9.49. The summed E-state index contributed by atoms with van der Waals surface area (Å²) < 4.78 is 10.5. The van der Waals surface area contributed by atoms with Crippen LogP contribution in [0.1, 0.15) is 28.8 Å². The molecule has 0 spiro atoms. The molecule has 8 nitrogen and oxygen atoms in total. The van der Waals surface area contributed by atoms with E-state index in [0.717, 1.165) is 43.9 Å². The van der Waals surface area contributed by atoms with Gasteiger partial charge >= 0.3 is 0 Å². The highest BCUT2D eigenvalue weighted by Crippen LogP contribution is 2.27. The van der Waals surface area contributed by atoms with Gasteiger partial charge < -0.3 is 20.1 Å². The van der Waals surface area contributed by atoms with Crippen LogP contribution in [0.3, 0.4) is 0 Å². The third-order valence-electron chi connectivity index (χ3n) is 4.42. The second-order valence-electron chi connectivity index (χ2n) is 6.46. The number of methoxy groups -OCH3 is 2. The molecule has 2 rings (SSSR count). The van der Waals surface area contributed by atoms with Gasteiger partial charge in [-0.2, -0.15) is 0 Å². The van der Waals surface area contributed by atoms with Crippen LogP contribution in [0.5, 0.6) is 11.5 Å². The van der Waals surface area contributed by atoms with Gasteiger partial charge in [-0.25, -0.2) is 0 Å². The Labute approximate surface area is 170 Å². The second kappa shape index (κ2) is 11.7. The molecule has 0 bridgehead atoms. The number of hydrogen-bond donors (Lipinski definition) is 2. The molecule has 0 heterocycles. The van der Waals surface area contributed by atoms with Gasteiger partial charge in [0.25, 0.3) is 11.6 Å². The maximum atomic E-state index is 12.0. The number of amides is 1. The van der Waals surface area contributed by atoms with Crippen LogP contribution in [0.4, 0.5) is 5.69 Å². The molecule has 0 aliphatic carbocycles. The van der Waals surface area contributed by atoms with Crippen LogP contribution < -0.4 is 20.1 Å². The van der Waals surface area contributed by atoms with Crippen molar-refractivity contribution < 1.29 is 19.2 Å². The third-order valence-corrected chi connectivity index (χ3v) is 4.42. The van der Waals surface area contributed by atoms with E-state index in [-0.39, 0.29) is 11.6 Å². The minimum absolute atomic E-state index is 0.0289. The van der Waals surface area contributed by atoms with Crippen molar-refractivity contribution in [3.63, 3.8) is 0 Å². The lowest BCUT2D eigenvalue weighted by atomic mass is 10.1. The van der Waals surface area contributed by atoms with Crippen LogP contribution in [-0.2, 0) is 6.42 Å². The average molecular weight is 401 g/mol. The van der Waals surface area contributed by atoms with Crippen molar-refractivity contribution in [3.8, 4) is 11.5 Å². The highest BCUT2D eigenvalue weighted by molar-refractivity contribution is 5.94. The summed E-state index contributed by atoms with van der Waals surface area (Å²) in [5.74, 6) is 1.24. The number of aryl methyl sites for hydroxylation is 1. The molecule has 1 amide bonds. The van der Waals surface area contributed by atoms with E-state index in [4.69, 9.17) is 9.47 Å². The van der Waals surface area contributed by atoms with E-state index in [9.17, 15) is 14.9 Å². The Bertz CT molecular complexity index is 808. The minimum atomic E-state index is -0.488. The molecule has 29 heavy (non-hydrogen) atoms. The van der Waals surface area contributed by atoms with Crippen molar-refractivity contribution in [1.82, 2.24) is 10.6 Å². The second-order valence-corrected chi connectivity index (χ2v) is 6.46. The zero-order valence-electron chi connectivity index (χ0n) is 16.8. The molecule has 2 aromatic rings. The Kier molecular flexibility index (Phi) is 8.91. The first kappa shape index (κ1) is 22.2. The highest BCUT2D eigenvalue weighted by Gasteiger charge is 2.08. The predicted molar refractivity (Wildman–Crippen MR) is 111 cm³/mol. The van der Waals surface area contributed by atoms with Crippen LogP contribution in [0, 0.1) is 10.1 Å². The Balaban J connectivity index is 1.58. The molecular formula is C21H27N3O5. The van der Waals surface area contributed by atoms with E-state index in [2.05, 4.69) is 10.6 Å². The zero-order valence-corrected chi connectivity index (χ0v) is 16.8. The van der Waals surface area contributed by atoms with E-state index in [1.165, 1.54) is 29.8 Å². The van der Waals surface area contributed by atoms with Crippen LogP contribution >= 0.6 is 0 Å². The monoisotopic (exact) mass is 401 g/mol. The van der Waals surface area contributed by atoms with Gasteiger partial charge in [-0.05, 0) is 62.2 Å². The fourth-order valence-electron chi connectivity index (χ4n) is 2.83. The summed E-state index contributed by atoms with van der Waals surface area (Å²) in [5.41, 5.74) is 1.58. The highest BCUT2D eigenvalue weighted by atomic mass is 16.6. The molecular weight excluding hydrogens is 374 g/mol. The van der Waals surface area contributed by atoms with Gasteiger partial charge in [-0.1, -0.05) is 6.07 Å². The third kappa shape index (κ3) is 7.08. The number of nitrogens with one attached hydrogen (secondary N) is 2. The SMILES string of the molecule is COc1ccc(CCCNCCCNC(=O)c2ccc([N+](=O)[O-])cc2)cc1OC. The van der Waals surface area contributed by atoms with Crippen molar-refractivity contribution in [2.75, 3.05) is 33.9 Å². The molecule has 0 aromatic heterocycles. The zero-order chi connectivity index (χ0) is 21.1. The van der Waals surface area contributed by atoms with E-state index < -0.39 is 4.92 Å². The van der Waals surface area contributed by atoms with Crippen LogP contribution in [-0.4, -0.2) is 44.7 Å². The molecule has 0 unspecified atom stereocenters. The van der Waals surface area contributed by atoms with Crippen molar-refractivity contribution in [1.29, 1.82) is 0 Å². The number of nitro groups is 1.